The van der Waals surface area contributed by atoms with Gasteiger partial charge in [-0.25, -0.2) is 9.59 Å². The van der Waals surface area contributed by atoms with Crippen LogP contribution in [0, 0.1) is 0 Å². The van der Waals surface area contributed by atoms with Crippen molar-refractivity contribution in [3.8, 4) is 0 Å². The zero-order valence-electron chi connectivity index (χ0n) is 14.5. The number of hydrogen-bond donors (Lipinski definition) is 2. The van der Waals surface area contributed by atoms with Gasteiger partial charge in [-0.05, 0) is 90.3 Å². The summed E-state index contributed by atoms with van der Waals surface area (Å²) < 4.78 is 0. The molecule has 0 aliphatic rings. The molecular weight excluding hydrogens is 352 g/mol. The highest BCUT2D eigenvalue weighted by atomic mass is 16.4. The molecule has 0 saturated heterocycles. The van der Waals surface area contributed by atoms with Gasteiger partial charge in [-0.1, -0.05) is 24.3 Å². The average Bonchev–Trinajstić information content (AvgIpc) is 2.69. The third-order valence-electron chi connectivity index (χ3n) is 5.73. The van der Waals surface area contributed by atoms with Crippen LogP contribution < -0.4 is 0 Å². The van der Waals surface area contributed by atoms with Crippen LogP contribution in [0.25, 0.3) is 53.9 Å². The fourth-order valence-corrected chi connectivity index (χ4v) is 4.62. The molecule has 0 aliphatic carbocycles. The van der Waals surface area contributed by atoms with Crippen LogP contribution >= 0.6 is 0 Å². The minimum absolute atomic E-state index is 0.273. The van der Waals surface area contributed by atoms with Crippen LogP contribution in [-0.4, -0.2) is 22.2 Å². The maximum Gasteiger partial charge on any atom is 0.335 e. The lowest BCUT2D eigenvalue weighted by Crippen LogP contribution is -1.98. The van der Waals surface area contributed by atoms with Crippen LogP contribution in [0.5, 0.6) is 0 Å². The lowest BCUT2D eigenvalue weighted by Gasteiger charge is -2.17. The maximum absolute atomic E-state index is 11.5. The van der Waals surface area contributed by atoms with Crippen molar-refractivity contribution in [3.63, 3.8) is 0 Å². The summed E-state index contributed by atoms with van der Waals surface area (Å²) in [4.78, 5) is 23.1. The summed E-state index contributed by atoms with van der Waals surface area (Å²) in [5.74, 6) is -1.88. The Labute approximate surface area is 157 Å². The average molecular weight is 364 g/mol. The standard InChI is InChI=1S/C24H12O4/c25-23(26)17-7-11-1-3-13-5-16-10-18(24(27)28)8-12-2-4-14-6-15(9-17)19(11)21(13)22(14)20(12)16/h1-10H,(H,25,26)(H,27,28). The SMILES string of the molecule is O=C(O)c1cc2ccc3cc4cc(C(=O)O)cc5ccc6cc(c1)c2c3c6c54. The molecule has 0 aliphatic heterocycles. The Morgan fingerprint density at radius 3 is 1.14 bits per heavy atom. The van der Waals surface area contributed by atoms with E-state index in [1.54, 1.807) is 24.3 Å². The number of carboxylic acid groups (broad SMARTS) is 2. The molecule has 4 heteroatoms. The smallest absolute Gasteiger partial charge is 0.335 e. The van der Waals surface area contributed by atoms with E-state index >= 15 is 0 Å². The molecule has 0 fully saturated rings. The Kier molecular flexibility index (Phi) is 2.64. The third kappa shape index (κ3) is 1.79. The first-order valence-corrected chi connectivity index (χ1v) is 8.89. The first-order chi connectivity index (χ1) is 13.5. The van der Waals surface area contributed by atoms with E-state index in [2.05, 4.69) is 0 Å². The second-order valence-corrected chi connectivity index (χ2v) is 7.29. The topological polar surface area (TPSA) is 74.6 Å². The van der Waals surface area contributed by atoms with Gasteiger partial charge in [0.05, 0.1) is 11.1 Å². The van der Waals surface area contributed by atoms with Crippen molar-refractivity contribution in [3.05, 3.63) is 71.8 Å². The van der Waals surface area contributed by atoms with Gasteiger partial charge in [-0.15, -0.1) is 0 Å². The largest absolute Gasteiger partial charge is 0.478 e. The first-order valence-electron chi connectivity index (χ1n) is 8.89. The van der Waals surface area contributed by atoms with Crippen molar-refractivity contribution in [1.82, 2.24) is 0 Å². The molecule has 0 saturated carbocycles. The molecule has 0 spiro atoms. The van der Waals surface area contributed by atoms with E-state index in [-0.39, 0.29) is 11.1 Å². The van der Waals surface area contributed by atoms with Crippen molar-refractivity contribution < 1.29 is 19.8 Å². The number of carbonyl (C=O) groups is 2. The van der Waals surface area contributed by atoms with E-state index in [1.807, 2.05) is 36.4 Å². The fourth-order valence-electron chi connectivity index (χ4n) is 4.62. The highest BCUT2D eigenvalue weighted by Gasteiger charge is 2.18. The molecule has 0 radical (unpaired) electrons. The molecule has 2 N–H and O–H groups in total. The Morgan fingerprint density at radius 2 is 0.786 bits per heavy atom. The van der Waals surface area contributed by atoms with Gasteiger partial charge in [0.25, 0.3) is 0 Å². The van der Waals surface area contributed by atoms with Crippen LogP contribution in [0.15, 0.2) is 60.7 Å². The van der Waals surface area contributed by atoms with E-state index < -0.39 is 11.9 Å². The Hall–Kier alpha value is -3.92. The van der Waals surface area contributed by atoms with Gasteiger partial charge >= 0.3 is 11.9 Å². The molecule has 0 atom stereocenters. The predicted octanol–water partition coefficient (Wildman–Crippen LogP) is 5.72. The van der Waals surface area contributed by atoms with Crippen molar-refractivity contribution >= 4 is 65.8 Å². The molecule has 6 aromatic rings. The van der Waals surface area contributed by atoms with Gasteiger partial charge in [0.15, 0.2) is 0 Å². The van der Waals surface area contributed by atoms with Gasteiger partial charge < -0.3 is 10.2 Å². The highest BCUT2D eigenvalue weighted by molar-refractivity contribution is 6.36. The molecule has 6 rings (SSSR count). The summed E-state index contributed by atoms with van der Waals surface area (Å²) in [5, 5.41) is 28.8. The fraction of sp³-hybridized carbons (Fsp3) is 0. The van der Waals surface area contributed by atoms with Crippen LogP contribution in [0.1, 0.15) is 20.7 Å². The summed E-state index contributed by atoms with van der Waals surface area (Å²) in [5.41, 5.74) is 0.545. The molecule has 0 unspecified atom stereocenters. The normalized spacial score (nSPS) is 12.1. The zero-order valence-corrected chi connectivity index (χ0v) is 14.5. The van der Waals surface area contributed by atoms with Gasteiger partial charge in [-0.2, -0.15) is 0 Å². The van der Waals surface area contributed by atoms with Crippen molar-refractivity contribution in [1.29, 1.82) is 0 Å². The van der Waals surface area contributed by atoms with Gasteiger partial charge in [0.2, 0.25) is 0 Å². The summed E-state index contributed by atoms with van der Waals surface area (Å²) >= 11 is 0. The van der Waals surface area contributed by atoms with Crippen LogP contribution in [-0.2, 0) is 0 Å². The van der Waals surface area contributed by atoms with Gasteiger partial charge in [0.1, 0.15) is 0 Å². The van der Waals surface area contributed by atoms with Crippen LogP contribution in [0.3, 0.4) is 0 Å². The van der Waals surface area contributed by atoms with Crippen molar-refractivity contribution in [2.24, 2.45) is 0 Å². The summed E-state index contributed by atoms with van der Waals surface area (Å²) in [6.45, 7) is 0. The monoisotopic (exact) mass is 364 g/mol. The second-order valence-electron chi connectivity index (χ2n) is 7.29. The third-order valence-corrected chi connectivity index (χ3v) is 5.73. The Morgan fingerprint density at radius 1 is 0.464 bits per heavy atom. The highest BCUT2D eigenvalue weighted by Crippen LogP contribution is 2.43. The molecule has 132 valence electrons. The van der Waals surface area contributed by atoms with E-state index in [0.717, 1.165) is 53.9 Å². The molecule has 0 bridgehead atoms. The zero-order chi connectivity index (χ0) is 19.2. The molecule has 4 nitrogen and oxygen atoms in total. The van der Waals surface area contributed by atoms with Crippen molar-refractivity contribution in [2.45, 2.75) is 0 Å². The van der Waals surface area contributed by atoms with Gasteiger partial charge in [0, 0.05) is 0 Å². The van der Waals surface area contributed by atoms with E-state index in [0.29, 0.717) is 0 Å². The first kappa shape index (κ1) is 15.2. The quantitative estimate of drug-likeness (QED) is 0.304. The van der Waals surface area contributed by atoms with Crippen molar-refractivity contribution in [2.75, 3.05) is 0 Å². The van der Waals surface area contributed by atoms with E-state index in [4.69, 9.17) is 0 Å². The number of hydrogen-bond acceptors (Lipinski definition) is 2. The molecule has 0 amide bonds. The Bertz CT molecular complexity index is 1490. The van der Waals surface area contributed by atoms with Crippen LogP contribution in [0.2, 0.25) is 0 Å². The number of rotatable bonds is 2. The molecule has 28 heavy (non-hydrogen) atoms. The van der Waals surface area contributed by atoms with Crippen LogP contribution in [0.4, 0.5) is 0 Å². The minimum Gasteiger partial charge on any atom is -0.478 e. The lowest BCUT2D eigenvalue weighted by molar-refractivity contribution is 0.0686. The predicted molar refractivity (Wildman–Crippen MR) is 110 cm³/mol. The lowest BCUT2D eigenvalue weighted by atomic mass is 9.86. The van der Waals surface area contributed by atoms with E-state index in [1.165, 1.54) is 0 Å². The van der Waals surface area contributed by atoms with E-state index in [9.17, 15) is 19.8 Å². The van der Waals surface area contributed by atoms with Gasteiger partial charge in [-0.3, -0.25) is 0 Å². The second kappa shape index (κ2) is 4.87. The summed E-state index contributed by atoms with van der Waals surface area (Å²) in [6, 6.07) is 18.8. The molecular formula is C24H12O4. The minimum atomic E-state index is -0.941. The molecule has 0 heterocycles. The number of benzene rings is 6. The number of carboxylic acids is 2. The maximum atomic E-state index is 11.5. The summed E-state index contributed by atoms with van der Waals surface area (Å²) in [6.07, 6.45) is 0. The molecule has 6 aromatic carbocycles. The Balaban J connectivity index is 1.92. The molecule has 0 aromatic heterocycles. The number of aromatic carboxylic acids is 2. The summed E-state index contributed by atoms with van der Waals surface area (Å²) in [7, 11) is 0.